The lowest BCUT2D eigenvalue weighted by Gasteiger charge is -2.10. The Labute approximate surface area is 103 Å². The number of para-hydroxylation sites is 2. The Morgan fingerprint density at radius 2 is 2.11 bits per heavy atom. The van der Waals surface area contributed by atoms with Crippen LogP contribution in [0.4, 0.5) is 6.01 Å². The number of carbonyl (C=O) groups excluding carboxylic acids is 1. The predicted molar refractivity (Wildman–Crippen MR) is 65.5 cm³/mol. The van der Waals surface area contributed by atoms with Gasteiger partial charge in [0.15, 0.2) is 5.58 Å². The van der Waals surface area contributed by atoms with Gasteiger partial charge in [0.2, 0.25) is 0 Å². The molecular formula is C13H10N2O3. The lowest BCUT2D eigenvalue weighted by molar-refractivity contribution is 0.0988. The van der Waals surface area contributed by atoms with E-state index in [1.807, 2.05) is 24.3 Å². The molecule has 0 atom stereocenters. The molecule has 0 radical (unpaired) electrons. The van der Waals surface area contributed by atoms with Gasteiger partial charge in [-0.05, 0) is 18.2 Å². The lowest BCUT2D eigenvalue weighted by Crippen LogP contribution is -2.25. The number of benzene rings is 1. The topological polar surface area (TPSA) is 59.5 Å². The molecule has 3 aromatic rings. The van der Waals surface area contributed by atoms with Crippen molar-refractivity contribution in [2.75, 3.05) is 11.9 Å². The minimum absolute atomic E-state index is 0.227. The third kappa shape index (κ3) is 1.66. The van der Waals surface area contributed by atoms with Crippen LogP contribution in [0.5, 0.6) is 0 Å². The minimum atomic E-state index is -0.227. The highest BCUT2D eigenvalue weighted by Crippen LogP contribution is 2.21. The van der Waals surface area contributed by atoms with Crippen molar-refractivity contribution in [3.8, 4) is 0 Å². The largest absolute Gasteiger partial charge is 0.472 e. The first-order valence-corrected chi connectivity index (χ1v) is 5.41. The molecule has 5 heteroatoms. The summed E-state index contributed by atoms with van der Waals surface area (Å²) in [5.74, 6) is -0.227. The van der Waals surface area contributed by atoms with Crippen LogP contribution in [-0.4, -0.2) is 17.9 Å². The third-order valence-electron chi connectivity index (χ3n) is 2.64. The number of hydrogen-bond donors (Lipinski definition) is 0. The summed E-state index contributed by atoms with van der Waals surface area (Å²) in [4.78, 5) is 17.7. The van der Waals surface area contributed by atoms with Crippen molar-refractivity contribution in [3.63, 3.8) is 0 Å². The number of furan rings is 1. The summed E-state index contributed by atoms with van der Waals surface area (Å²) in [5, 5.41) is 0. The molecule has 5 nitrogen and oxygen atoms in total. The smallest absolute Gasteiger partial charge is 0.305 e. The monoisotopic (exact) mass is 242 g/mol. The van der Waals surface area contributed by atoms with E-state index in [0.717, 1.165) is 5.52 Å². The summed E-state index contributed by atoms with van der Waals surface area (Å²) < 4.78 is 10.4. The third-order valence-corrected chi connectivity index (χ3v) is 2.64. The van der Waals surface area contributed by atoms with Gasteiger partial charge in [-0.15, -0.1) is 0 Å². The Morgan fingerprint density at radius 1 is 1.28 bits per heavy atom. The second-order valence-electron chi connectivity index (χ2n) is 3.84. The summed E-state index contributed by atoms with van der Waals surface area (Å²) in [6.07, 6.45) is 2.84. The van der Waals surface area contributed by atoms with Gasteiger partial charge in [0.1, 0.15) is 11.8 Å². The molecule has 0 saturated carbocycles. The molecule has 0 spiro atoms. The van der Waals surface area contributed by atoms with E-state index < -0.39 is 0 Å². The van der Waals surface area contributed by atoms with Crippen molar-refractivity contribution in [1.29, 1.82) is 0 Å². The molecule has 0 bridgehead atoms. The number of anilines is 1. The van der Waals surface area contributed by atoms with Crippen molar-refractivity contribution in [2.24, 2.45) is 0 Å². The highest BCUT2D eigenvalue weighted by Gasteiger charge is 2.19. The molecule has 0 unspecified atom stereocenters. The number of oxazole rings is 1. The molecule has 0 saturated heterocycles. The molecule has 90 valence electrons. The maximum absolute atomic E-state index is 12.0. The van der Waals surface area contributed by atoms with E-state index in [1.54, 1.807) is 13.1 Å². The fraction of sp³-hybridized carbons (Fsp3) is 0.0769. The van der Waals surface area contributed by atoms with Gasteiger partial charge in [-0.25, -0.2) is 0 Å². The van der Waals surface area contributed by atoms with E-state index in [-0.39, 0.29) is 11.9 Å². The first kappa shape index (κ1) is 10.6. The zero-order valence-corrected chi connectivity index (χ0v) is 9.66. The molecule has 3 rings (SSSR count). The maximum atomic E-state index is 12.0. The van der Waals surface area contributed by atoms with E-state index in [0.29, 0.717) is 11.1 Å². The second kappa shape index (κ2) is 4.03. The highest BCUT2D eigenvalue weighted by molar-refractivity contribution is 6.04. The van der Waals surface area contributed by atoms with Crippen LogP contribution in [-0.2, 0) is 0 Å². The van der Waals surface area contributed by atoms with Crippen molar-refractivity contribution in [2.45, 2.75) is 0 Å². The molecule has 0 fully saturated rings. The van der Waals surface area contributed by atoms with Crippen molar-refractivity contribution in [3.05, 3.63) is 48.4 Å². The average Bonchev–Trinajstić information content (AvgIpc) is 3.05. The number of fused-ring (bicyclic) bond motifs is 1. The van der Waals surface area contributed by atoms with Crippen molar-refractivity contribution in [1.82, 2.24) is 4.98 Å². The zero-order valence-electron chi connectivity index (χ0n) is 9.66. The summed E-state index contributed by atoms with van der Waals surface area (Å²) in [5.41, 5.74) is 1.83. The van der Waals surface area contributed by atoms with Crippen LogP contribution in [0.25, 0.3) is 11.1 Å². The number of nitrogens with zero attached hydrogens (tertiary/aromatic N) is 2. The molecule has 0 aliphatic rings. The van der Waals surface area contributed by atoms with Gasteiger partial charge in [0.05, 0.1) is 11.8 Å². The van der Waals surface area contributed by atoms with Crippen LogP contribution < -0.4 is 4.90 Å². The zero-order chi connectivity index (χ0) is 12.5. The average molecular weight is 242 g/mol. The Bertz CT molecular complexity index is 652. The van der Waals surface area contributed by atoms with E-state index in [2.05, 4.69) is 4.98 Å². The molecule has 2 aromatic heterocycles. The first-order valence-electron chi connectivity index (χ1n) is 5.41. The van der Waals surface area contributed by atoms with Gasteiger partial charge in [0, 0.05) is 7.05 Å². The Hall–Kier alpha value is -2.56. The van der Waals surface area contributed by atoms with E-state index in [1.165, 1.54) is 17.4 Å². The number of rotatable bonds is 2. The van der Waals surface area contributed by atoms with Crippen LogP contribution in [0.15, 0.2) is 51.7 Å². The Morgan fingerprint density at radius 3 is 2.83 bits per heavy atom. The van der Waals surface area contributed by atoms with Gasteiger partial charge in [-0.1, -0.05) is 12.1 Å². The maximum Gasteiger partial charge on any atom is 0.305 e. The summed E-state index contributed by atoms with van der Waals surface area (Å²) in [6.45, 7) is 0. The molecule has 2 heterocycles. The van der Waals surface area contributed by atoms with Crippen LogP contribution in [0.2, 0.25) is 0 Å². The fourth-order valence-corrected chi connectivity index (χ4v) is 1.67. The van der Waals surface area contributed by atoms with E-state index in [9.17, 15) is 4.79 Å². The van der Waals surface area contributed by atoms with Gasteiger partial charge in [0.25, 0.3) is 5.91 Å². The first-order chi connectivity index (χ1) is 8.75. The summed E-state index contributed by atoms with van der Waals surface area (Å²) in [7, 11) is 1.61. The standard InChI is InChI=1S/C13H10N2O3/c1-15(12(16)9-6-7-17-8-9)13-14-10-4-2-3-5-11(10)18-13/h2-8H,1H3. The molecule has 1 amide bonds. The molecule has 18 heavy (non-hydrogen) atoms. The SMILES string of the molecule is CN(C(=O)c1ccoc1)c1nc2ccccc2o1. The van der Waals surface area contributed by atoms with E-state index >= 15 is 0 Å². The van der Waals surface area contributed by atoms with Crippen LogP contribution in [0, 0.1) is 0 Å². The number of aromatic nitrogens is 1. The number of hydrogen-bond acceptors (Lipinski definition) is 4. The second-order valence-corrected chi connectivity index (χ2v) is 3.84. The summed E-state index contributed by atoms with van der Waals surface area (Å²) in [6, 6.07) is 9.23. The normalized spacial score (nSPS) is 10.7. The van der Waals surface area contributed by atoms with E-state index in [4.69, 9.17) is 8.83 Å². The van der Waals surface area contributed by atoms with Crippen molar-refractivity contribution < 1.29 is 13.6 Å². The van der Waals surface area contributed by atoms with Gasteiger partial charge < -0.3 is 8.83 Å². The highest BCUT2D eigenvalue weighted by atomic mass is 16.4. The number of amides is 1. The van der Waals surface area contributed by atoms with Gasteiger partial charge in [-0.2, -0.15) is 4.98 Å². The fourth-order valence-electron chi connectivity index (χ4n) is 1.67. The Balaban J connectivity index is 1.96. The molecular weight excluding hydrogens is 232 g/mol. The summed E-state index contributed by atoms with van der Waals surface area (Å²) >= 11 is 0. The van der Waals surface area contributed by atoms with Crippen LogP contribution in [0.1, 0.15) is 10.4 Å². The quantitative estimate of drug-likeness (QED) is 0.693. The number of carbonyl (C=O) groups is 1. The van der Waals surface area contributed by atoms with Crippen LogP contribution in [0.3, 0.4) is 0 Å². The molecule has 1 aromatic carbocycles. The van der Waals surface area contributed by atoms with Crippen LogP contribution >= 0.6 is 0 Å². The van der Waals surface area contributed by atoms with Crippen molar-refractivity contribution >= 4 is 23.0 Å². The lowest BCUT2D eigenvalue weighted by atomic mass is 10.3. The molecule has 0 aliphatic carbocycles. The predicted octanol–water partition coefficient (Wildman–Crippen LogP) is 2.70. The molecule has 0 N–H and O–H groups in total. The molecule has 0 aliphatic heterocycles. The van der Waals surface area contributed by atoms with Gasteiger partial charge in [-0.3, -0.25) is 9.69 Å². The minimum Gasteiger partial charge on any atom is -0.472 e. The Kier molecular flexibility index (Phi) is 2.37. The van der Waals surface area contributed by atoms with Gasteiger partial charge >= 0.3 is 6.01 Å².